The normalized spacial score (nSPS) is 11.6. The maximum atomic E-state index is 2.44. The number of benzene rings is 10. The van der Waals surface area contributed by atoms with Gasteiger partial charge in [0.25, 0.3) is 0 Å². The van der Waals surface area contributed by atoms with E-state index < -0.39 is 0 Å². The molecule has 232 valence electrons. The van der Waals surface area contributed by atoms with Crippen molar-refractivity contribution in [2.45, 2.75) is 0 Å². The average Bonchev–Trinajstić information content (AvgIpc) is 3.19. The molecule has 0 heteroatoms. The van der Waals surface area contributed by atoms with E-state index in [9.17, 15) is 0 Å². The van der Waals surface area contributed by atoms with Crippen LogP contribution >= 0.6 is 0 Å². The molecule has 0 unspecified atom stereocenters. The molecule has 0 spiro atoms. The monoisotopic (exact) mass is 632 g/mol. The SMILES string of the molecule is c1ccc(-c2c3ccccc3c(-c3ccc(-c4cccc5ccccc45)cc3)c3cc(-c4cc5ccccc5c5ccccc45)ccc23)cc1. The lowest BCUT2D eigenvalue weighted by Crippen LogP contribution is -1.92. The molecule has 50 heavy (non-hydrogen) atoms. The van der Waals surface area contributed by atoms with Crippen LogP contribution < -0.4 is 0 Å². The largest absolute Gasteiger partial charge is 0.0622 e. The van der Waals surface area contributed by atoms with Gasteiger partial charge in [0.05, 0.1) is 0 Å². The second kappa shape index (κ2) is 11.6. The summed E-state index contributed by atoms with van der Waals surface area (Å²) < 4.78 is 0. The Morgan fingerprint density at radius 3 is 1.46 bits per heavy atom. The highest BCUT2D eigenvalue weighted by Crippen LogP contribution is 2.46. The Hall–Kier alpha value is -6.50. The lowest BCUT2D eigenvalue weighted by molar-refractivity contribution is 1.63. The summed E-state index contributed by atoms with van der Waals surface area (Å²) >= 11 is 0. The van der Waals surface area contributed by atoms with Crippen LogP contribution in [0.25, 0.3) is 98.4 Å². The minimum absolute atomic E-state index is 1.22. The Bertz CT molecular complexity index is 2890. The Morgan fingerprint density at radius 1 is 0.200 bits per heavy atom. The fourth-order valence-corrected chi connectivity index (χ4v) is 8.16. The van der Waals surface area contributed by atoms with Crippen molar-refractivity contribution >= 4 is 53.9 Å². The zero-order valence-corrected chi connectivity index (χ0v) is 27.5. The maximum Gasteiger partial charge on any atom is -0.00261 e. The van der Waals surface area contributed by atoms with Gasteiger partial charge in [-0.3, -0.25) is 0 Å². The lowest BCUT2D eigenvalue weighted by Gasteiger charge is -2.19. The van der Waals surface area contributed by atoms with Crippen molar-refractivity contribution in [3.63, 3.8) is 0 Å². The van der Waals surface area contributed by atoms with Crippen LogP contribution in [-0.4, -0.2) is 0 Å². The van der Waals surface area contributed by atoms with Crippen LogP contribution in [0.5, 0.6) is 0 Å². The molecule has 0 heterocycles. The number of rotatable bonds is 4. The second-order valence-corrected chi connectivity index (χ2v) is 13.2. The van der Waals surface area contributed by atoms with Gasteiger partial charge in [0, 0.05) is 0 Å². The van der Waals surface area contributed by atoms with Crippen LogP contribution in [0.15, 0.2) is 194 Å². The third-order valence-corrected chi connectivity index (χ3v) is 10.4. The molecule has 0 nitrogen and oxygen atoms in total. The van der Waals surface area contributed by atoms with Gasteiger partial charge in [0.2, 0.25) is 0 Å². The highest BCUT2D eigenvalue weighted by atomic mass is 14.2. The first-order chi connectivity index (χ1) is 24.8. The van der Waals surface area contributed by atoms with Crippen LogP contribution in [-0.2, 0) is 0 Å². The van der Waals surface area contributed by atoms with E-state index in [1.807, 2.05) is 0 Å². The molecule has 0 N–H and O–H groups in total. The third kappa shape index (κ3) is 4.54. The fraction of sp³-hybridized carbons (Fsp3) is 0. The fourth-order valence-electron chi connectivity index (χ4n) is 8.16. The first-order valence-electron chi connectivity index (χ1n) is 17.4. The van der Waals surface area contributed by atoms with E-state index in [0.29, 0.717) is 0 Å². The van der Waals surface area contributed by atoms with E-state index in [-0.39, 0.29) is 0 Å². The molecular weight excluding hydrogens is 601 g/mol. The topological polar surface area (TPSA) is 0 Å². The summed E-state index contributed by atoms with van der Waals surface area (Å²) in [5.41, 5.74) is 9.97. The molecule has 0 saturated carbocycles. The van der Waals surface area contributed by atoms with Crippen molar-refractivity contribution in [3.8, 4) is 44.5 Å². The summed E-state index contributed by atoms with van der Waals surface area (Å²) in [6.45, 7) is 0. The molecule has 0 aliphatic rings. The van der Waals surface area contributed by atoms with Crippen molar-refractivity contribution in [2.75, 3.05) is 0 Å². The van der Waals surface area contributed by atoms with E-state index in [0.717, 1.165) is 0 Å². The van der Waals surface area contributed by atoms with Crippen molar-refractivity contribution in [1.82, 2.24) is 0 Å². The quantitative estimate of drug-likeness (QED) is 0.134. The minimum atomic E-state index is 1.22. The van der Waals surface area contributed by atoms with Crippen LogP contribution in [0.3, 0.4) is 0 Å². The van der Waals surface area contributed by atoms with Gasteiger partial charge in [0.1, 0.15) is 0 Å². The molecule has 10 aromatic rings. The van der Waals surface area contributed by atoms with Crippen LogP contribution in [0.1, 0.15) is 0 Å². The van der Waals surface area contributed by atoms with E-state index in [1.54, 1.807) is 0 Å². The van der Waals surface area contributed by atoms with Gasteiger partial charge >= 0.3 is 0 Å². The molecule has 0 atom stereocenters. The maximum absolute atomic E-state index is 2.44. The molecule has 0 bridgehead atoms. The summed E-state index contributed by atoms with van der Waals surface area (Å²) in [7, 11) is 0. The van der Waals surface area contributed by atoms with Crippen LogP contribution in [0.2, 0.25) is 0 Å². The van der Waals surface area contributed by atoms with Crippen molar-refractivity contribution in [1.29, 1.82) is 0 Å². The average molecular weight is 633 g/mol. The van der Waals surface area contributed by atoms with Crippen LogP contribution in [0.4, 0.5) is 0 Å². The minimum Gasteiger partial charge on any atom is -0.0622 e. The van der Waals surface area contributed by atoms with Crippen molar-refractivity contribution in [3.05, 3.63) is 194 Å². The molecule has 0 fully saturated rings. The van der Waals surface area contributed by atoms with Crippen molar-refractivity contribution in [2.24, 2.45) is 0 Å². The van der Waals surface area contributed by atoms with Crippen LogP contribution in [0, 0.1) is 0 Å². The standard InChI is InChI=1S/C50H32/c1-2-14-35(15-3-1)49-44-22-10-11-23-45(44)50(36-27-25-34(26-28-36)40-24-12-17-33-13-4-6-18-39(33)40)48-32-38(29-30-46(48)49)47-31-37-16-5-7-19-41(37)42-20-8-9-21-43(42)47/h1-32H. The molecule has 0 aliphatic carbocycles. The molecule has 0 amide bonds. The summed E-state index contributed by atoms with van der Waals surface area (Å²) in [5, 5.41) is 12.7. The van der Waals surface area contributed by atoms with Gasteiger partial charge in [-0.1, -0.05) is 182 Å². The predicted molar refractivity (Wildman–Crippen MR) is 216 cm³/mol. The first kappa shape index (κ1) is 28.5. The van der Waals surface area contributed by atoms with Gasteiger partial charge in [0.15, 0.2) is 0 Å². The molecule has 0 aliphatic heterocycles. The Labute approximate surface area is 291 Å². The number of fused-ring (bicyclic) bond motifs is 6. The first-order valence-corrected chi connectivity index (χ1v) is 17.4. The van der Waals surface area contributed by atoms with E-state index >= 15 is 0 Å². The zero-order chi connectivity index (χ0) is 33.0. The molecule has 10 aromatic carbocycles. The third-order valence-electron chi connectivity index (χ3n) is 10.4. The van der Waals surface area contributed by atoms with Gasteiger partial charge in [-0.05, 0) is 111 Å². The lowest BCUT2D eigenvalue weighted by atomic mass is 9.84. The highest BCUT2D eigenvalue weighted by molar-refractivity contribution is 6.23. The number of hydrogen-bond acceptors (Lipinski definition) is 0. The molecule has 0 aromatic heterocycles. The Kier molecular flexibility index (Phi) is 6.60. The summed E-state index contributed by atoms with van der Waals surface area (Å²) in [4.78, 5) is 0. The molecule has 10 rings (SSSR count). The van der Waals surface area contributed by atoms with Gasteiger partial charge in [-0.15, -0.1) is 0 Å². The Balaban J connectivity index is 1.26. The molecule has 0 saturated heterocycles. The predicted octanol–water partition coefficient (Wildman–Crippen LogP) is 14.1. The zero-order valence-electron chi connectivity index (χ0n) is 27.5. The van der Waals surface area contributed by atoms with E-state index in [2.05, 4.69) is 194 Å². The highest BCUT2D eigenvalue weighted by Gasteiger charge is 2.18. The second-order valence-electron chi connectivity index (χ2n) is 13.2. The summed E-state index contributed by atoms with van der Waals surface area (Å²) in [6.07, 6.45) is 0. The van der Waals surface area contributed by atoms with Gasteiger partial charge < -0.3 is 0 Å². The van der Waals surface area contributed by atoms with Gasteiger partial charge in [-0.2, -0.15) is 0 Å². The smallest absolute Gasteiger partial charge is 0.00261 e. The van der Waals surface area contributed by atoms with E-state index in [4.69, 9.17) is 0 Å². The van der Waals surface area contributed by atoms with Gasteiger partial charge in [-0.25, -0.2) is 0 Å². The molecule has 0 radical (unpaired) electrons. The summed E-state index contributed by atoms with van der Waals surface area (Å²) in [6, 6.07) is 71.3. The van der Waals surface area contributed by atoms with Crippen molar-refractivity contribution < 1.29 is 0 Å². The summed E-state index contributed by atoms with van der Waals surface area (Å²) in [5.74, 6) is 0. The number of hydrogen-bond donors (Lipinski definition) is 0. The Morgan fingerprint density at radius 2 is 0.700 bits per heavy atom. The molecular formula is C50H32. The van der Waals surface area contributed by atoms with E-state index in [1.165, 1.54) is 98.4 Å².